The molecule has 1 amide bonds. The quantitative estimate of drug-likeness (QED) is 0.907. The molecular weight excluding hydrogens is 302 g/mol. The van der Waals surface area contributed by atoms with Crippen LogP contribution in [0.25, 0.3) is 0 Å². The molecule has 126 valence electrons. The van der Waals surface area contributed by atoms with E-state index >= 15 is 0 Å². The Morgan fingerprint density at radius 1 is 1.17 bits per heavy atom. The maximum absolute atomic E-state index is 12.8. The molecule has 1 fully saturated rings. The van der Waals surface area contributed by atoms with E-state index in [-0.39, 0.29) is 5.91 Å². The molecule has 5 nitrogen and oxygen atoms in total. The summed E-state index contributed by atoms with van der Waals surface area (Å²) in [4.78, 5) is 19.1. The topological polar surface area (TPSA) is 54.5 Å². The number of benzene rings is 1. The Kier molecular flexibility index (Phi) is 5.31. The molecule has 1 N–H and O–H groups in total. The minimum absolute atomic E-state index is 0.0521. The van der Waals surface area contributed by atoms with Gasteiger partial charge in [0.1, 0.15) is 11.6 Å². The van der Waals surface area contributed by atoms with E-state index in [1.54, 1.807) is 12.3 Å². The lowest BCUT2D eigenvalue weighted by Crippen LogP contribution is -2.36. The average Bonchev–Trinajstić information content (AvgIpc) is 2.64. The summed E-state index contributed by atoms with van der Waals surface area (Å²) in [5.41, 5.74) is 1.50. The van der Waals surface area contributed by atoms with Crippen molar-refractivity contribution in [2.75, 3.05) is 25.0 Å². The number of amides is 1. The van der Waals surface area contributed by atoms with Gasteiger partial charge >= 0.3 is 0 Å². The Morgan fingerprint density at radius 2 is 1.92 bits per heavy atom. The van der Waals surface area contributed by atoms with Gasteiger partial charge in [-0.25, -0.2) is 4.98 Å². The van der Waals surface area contributed by atoms with Gasteiger partial charge in [-0.05, 0) is 62.6 Å². The lowest BCUT2D eigenvalue weighted by Gasteiger charge is -2.27. The highest BCUT2D eigenvalue weighted by atomic mass is 16.5. The van der Waals surface area contributed by atoms with Gasteiger partial charge in [0.15, 0.2) is 0 Å². The van der Waals surface area contributed by atoms with Gasteiger partial charge in [0, 0.05) is 25.0 Å². The van der Waals surface area contributed by atoms with Crippen molar-refractivity contribution >= 4 is 17.4 Å². The molecule has 1 aromatic heterocycles. The molecule has 0 spiro atoms. The normalized spacial score (nSPS) is 14.3. The van der Waals surface area contributed by atoms with Crippen LogP contribution in [0.2, 0.25) is 0 Å². The fourth-order valence-electron chi connectivity index (χ4n) is 2.88. The van der Waals surface area contributed by atoms with Crippen molar-refractivity contribution in [1.82, 2.24) is 9.88 Å². The van der Waals surface area contributed by atoms with Gasteiger partial charge in [-0.15, -0.1) is 0 Å². The summed E-state index contributed by atoms with van der Waals surface area (Å²) in [5, 5.41) is 3.25. The Bertz CT molecular complexity index is 679. The lowest BCUT2D eigenvalue weighted by atomic mass is 10.1. The van der Waals surface area contributed by atoms with Crippen LogP contribution in [0.1, 0.15) is 36.5 Å². The van der Waals surface area contributed by atoms with Gasteiger partial charge in [0.25, 0.3) is 5.91 Å². The predicted octanol–water partition coefficient (Wildman–Crippen LogP) is 3.85. The second-order valence-corrected chi connectivity index (χ2v) is 5.83. The van der Waals surface area contributed by atoms with Crippen LogP contribution in [-0.4, -0.2) is 35.5 Å². The fourth-order valence-corrected chi connectivity index (χ4v) is 2.88. The largest absolute Gasteiger partial charge is 0.494 e. The van der Waals surface area contributed by atoms with Crippen molar-refractivity contribution in [3.05, 3.63) is 48.2 Å². The van der Waals surface area contributed by atoms with Crippen molar-refractivity contribution in [1.29, 1.82) is 0 Å². The molecule has 0 atom stereocenters. The van der Waals surface area contributed by atoms with Gasteiger partial charge in [0.05, 0.1) is 12.2 Å². The highest BCUT2D eigenvalue weighted by Gasteiger charge is 2.21. The van der Waals surface area contributed by atoms with Crippen LogP contribution in [0.15, 0.2) is 42.6 Å². The molecule has 1 aromatic carbocycles. The minimum Gasteiger partial charge on any atom is -0.494 e. The molecule has 0 aliphatic carbocycles. The number of hydrogen-bond donors (Lipinski definition) is 1. The molecule has 2 aromatic rings. The first-order valence-electron chi connectivity index (χ1n) is 8.52. The summed E-state index contributed by atoms with van der Waals surface area (Å²) in [6.07, 6.45) is 5.05. The number of ether oxygens (including phenoxy) is 1. The fraction of sp³-hybridized carbons (Fsp3) is 0.368. The number of anilines is 2. The first-order valence-corrected chi connectivity index (χ1v) is 8.52. The van der Waals surface area contributed by atoms with Crippen LogP contribution in [0.5, 0.6) is 5.75 Å². The van der Waals surface area contributed by atoms with Crippen LogP contribution in [0.4, 0.5) is 11.5 Å². The first-order chi connectivity index (χ1) is 11.8. The monoisotopic (exact) mass is 325 g/mol. The van der Waals surface area contributed by atoms with E-state index in [1.807, 2.05) is 42.2 Å². The first kappa shape index (κ1) is 16.3. The van der Waals surface area contributed by atoms with Crippen molar-refractivity contribution in [2.45, 2.75) is 26.2 Å². The minimum atomic E-state index is 0.0521. The third kappa shape index (κ3) is 3.85. The lowest BCUT2D eigenvalue weighted by molar-refractivity contribution is 0.0725. The second-order valence-electron chi connectivity index (χ2n) is 5.83. The number of carbonyl (C=O) groups excluding carboxylic acids is 1. The number of pyridine rings is 1. The zero-order chi connectivity index (χ0) is 16.8. The standard InChI is InChI=1S/C19H23N3O2/c1-2-24-16-10-8-15(9-11-16)21-18-17(7-6-12-20-18)19(23)22-13-4-3-5-14-22/h6-12H,2-5,13-14H2,1H3,(H,20,21). The summed E-state index contributed by atoms with van der Waals surface area (Å²) >= 11 is 0. The number of rotatable bonds is 5. The van der Waals surface area contributed by atoms with Crippen LogP contribution in [-0.2, 0) is 0 Å². The van der Waals surface area contributed by atoms with Crippen molar-refractivity contribution in [3.63, 3.8) is 0 Å². The zero-order valence-electron chi connectivity index (χ0n) is 14.0. The van der Waals surface area contributed by atoms with Gasteiger partial charge in [-0.1, -0.05) is 0 Å². The summed E-state index contributed by atoms with van der Waals surface area (Å²) in [6.45, 7) is 4.26. The number of likely N-dealkylation sites (tertiary alicyclic amines) is 1. The van der Waals surface area contributed by atoms with Crippen molar-refractivity contribution in [2.24, 2.45) is 0 Å². The second kappa shape index (κ2) is 7.81. The molecule has 0 radical (unpaired) electrons. The Labute approximate surface area is 142 Å². The van der Waals surface area contributed by atoms with Crippen molar-refractivity contribution in [3.8, 4) is 5.75 Å². The number of nitrogens with one attached hydrogen (secondary N) is 1. The van der Waals surface area contributed by atoms with Crippen LogP contribution in [0, 0.1) is 0 Å². The summed E-state index contributed by atoms with van der Waals surface area (Å²) in [5.74, 6) is 1.47. The van der Waals surface area contributed by atoms with E-state index in [0.717, 1.165) is 37.4 Å². The van der Waals surface area contributed by atoms with E-state index in [4.69, 9.17) is 4.74 Å². The molecule has 1 aliphatic heterocycles. The van der Waals surface area contributed by atoms with Crippen LogP contribution >= 0.6 is 0 Å². The van der Waals surface area contributed by atoms with E-state index in [2.05, 4.69) is 10.3 Å². The molecular formula is C19H23N3O2. The zero-order valence-corrected chi connectivity index (χ0v) is 14.0. The highest BCUT2D eigenvalue weighted by Crippen LogP contribution is 2.23. The number of hydrogen-bond acceptors (Lipinski definition) is 4. The summed E-state index contributed by atoms with van der Waals surface area (Å²) in [6, 6.07) is 11.3. The number of aromatic nitrogens is 1. The van der Waals surface area contributed by atoms with Crippen molar-refractivity contribution < 1.29 is 9.53 Å². The van der Waals surface area contributed by atoms with E-state index in [0.29, 0.717) is 18.0 Å². The van der Waals surface area contributed by atoms with Gasteiger partial charge in [-0.2, -0.15) is 0 Å². The molecule has 2 heterocycles. The van der Waals surface area contributed by atoms with Gasteiger partial charge < -0.3 is 15.0 Å². The molecule has 5 heteroatoms. The molecule has 0 saturated carbocycles. The molecule has 1 aliphatic rings. The van der Waals surface area contributed by atoms with Gasteiger partial charge in [0.2, 0.25) is 0 Å². The molecule has 0 bridgehead atoms. The number of carbonyl (C=O) groups is 1. The molecule has 3 rings (SSSR count). The maximum atomic E-state index is 12.8. The third-order valence-corrected chi connectivity index (χ3v) is 4.11. The number of nitrogens with zero attached hydrogens (tertiary/aromatic N) is 2. The summed E-state index contributed by atoms with van der Waals surface area (Å²) < 4.78 is 5.45. The average molecular weight is 325 g/mol. The molecule has 24 heavy (non-hydrogen) atoms. The molecule has 0 unspecified atom stereocenters. The Hall–Kier alpha value is -2.56. The highest BCUT2D eigenvalue weighted by molar-refractivity contribution is 5.99. The maximum Gasteiger partial charge on any atom is 0.257 e. The Balaban J connectivity index is 1.77. The van der Waals surface area contributed by atoms with E-state index in [1.165, 1.54) is 6.42 Å². The summed E-state index contributed by atoms with van der Waals surface area (Å²) in [7, 11) is 0. The van der Waals surface area contributed by atoms with E-state index < -0.39 is 0 Å². The predicted molar refractivity (Wildman–Crippen MR) is 94.9 cm³/mol. The van der Waals surface area contributed by atoms with Gasteiger partial charge in [-0.3, -0.25) is 4.79 Å². The SMILES string of the molecule is CCOc1ccc(Nc2ncccc2C(=O)N2CCCCC2)cc1. The van der Waals surface area contributed by atoms with Crippen LogP contribution in [0.3, 0.4) is 0 Å². The molecule has 1 saturated heterocycles. The smallest absolute Gasteiger partial charge is 0.257 e. The number of piperidine rings is 1. The third-order valence-electron chi connectivity index (χ3n) is 4.11. The Morgan fingerprint density at radius 3 is 2.62 bits per heavy atom. The van der Waals surface area contributed by atoms with E-state index in [9.17, 15) is 4.79 Å². The van der Waals surface area contributed by atoms with Crippen LogP contribution < -0.4 is 10.1 Å².